The molecule has 2 amide bonds. The second-order valence-electron chi connectivity index (χ2n) is 6.51. The zero-order chi connectivity index (χ0) is 24.7. The number of ether oxygens (including phenoxy) is 1. The highest BCUT2D eigenvalue weighted by Gasteiger charge is 2.16. The van der Waals surface area contributed by atoms with Gasteiger partial charge in [-0.2, -0.15) is 5.10 Å². The predicted octanol–water partition coefficient (Wildman–Crippen LogP) is 4.21. The first-order valence-electron chi connectivity index (χ1n) is 9.39. The molecule has 3 aromatic rings. The number of benzene rings is 3. The first kappa shape index (κ1) is 24.4. The molecule has 3 rings (SSSR count). The lowest BCUT2D eigenvalue weighted by Crippen LogP contribution is -2.32. The van der Waals surface area contributed by atoms with Gasteiger partial charge in [-0.25, -0.2) is 10.2 Å². The summed E-state index contributed by atoms with van der Waals surface area (Å²) < 4.78 is 5.32. The molecule has 0 aliphatic rings. The SMILES string of the molecule is O=C(NN=Cc1ccccc1OC(=O)c1ccc([N+](=O)[O-])cc1)C(=O)Nc1cc(Cl)ccc1Cl. The Kier molecular flexibility index (Phi) is 7.91. The summed E-state index contributed by atoms with van der Waals surface area (Å²) in [6.45, 7) is 0. The van der Waals surface area contributed by atoms with Gasteiger partial charge < -0.3 is 10.1 Å². The van der Waals surface area contributed by atoms with Crippen molar-refractivity contribution in [3.8, 4) is 5.75 Å². The normalized spacial score (nSPS) is 10.5. The van der Waals surface area contributed by atoms with Crippen molar-refractivity contribution in [2.24, 2.45) is 5.10 Å². The Hall–Kier alpha value is -4.28. The van der Waals surface area contributed by atoms with Crippen LogP contribution in [0.3, 0.4) is 0 Å². The van der Waals surface area contributed by atoms with Gasteiger partial charge in [-0.05, 0) is 42.5 Å². The third-order valence-corrected chi connectivity index (χ3v) is 4.75. The molecule has 0 aromatic heterocycles. The maximum absolute atomic E-state index is 12.4. The third-order valence-electron chi connectivity index (χ3n) is 4.19. The van der Waals surface area contributed by atoms with Crippen LogP contribution in [-0.2, 0) is 9.59 Å². The van der Waals surface area contributed by atoms with Crippen LogP contribution >= 0.6 is 23.2 Å². The maximum Gasteiger partial charge on any atom is 0.343 e. The fourth-order valence-corrected chi connectivity index (χ4v) is 2.88. The summed E-state index contributed by atoms with van der Waals surface area (Å²) in [6.07, 6.45) is 1.18. The van der Waals surface area contributed by atoms with Gasteiger partial charge in [-0.1, -0.05) is 35.3 Å². The number of hydrazone groups is 1. The Morgan fingerprint density at radius 2 is 1.68 bits per heavy atom. The number of carbonyl (C=O) groups excluding carboxylic acids is 3. The number of nitrogens with one attached hydrogen (secondary N) is 2. The van der Waals surface area contributed by atoms with E-state index in [1.165, 1.54) is 54.7 Å². The molecule has 0 atom stereocenters. The van der Waals surface area contributed by atoms with Crippen LogP contribution in [0.1, 0.15) is 15.9 Å². The molecule has 3 aromatic carbocycles. The van der Waals surface area contributed by atoms with Gasteiger partial charge >= 0.3 is 17.8 Å². The van der Waals surface area contributed by atoms with Crippen molar-refractivity contribution >= 4 is 58.6 Å². The Morgan fingerprint density at radius 1 is 0.971 bits per heavy atom. The summed E-state index contributed by atoms with van der Waals surface area (Å²) >= 11 is 11.8. The van der Waals surface area contributed by atoms with Crippen LogP contribution in [0.4, 0.5) is 11.4 Å². The number of rotatable bonds is 6. The average Bonchev–Trinajstić information content (AvgIpc) is 2.82. The van der Waals surface area contributed by atoms with E-state index in [4.69, 9.17) is 27.9 Å². The fraction of sp³-hybridized carbons (Fsp3) is 0. The van der Waals surface area contributed by atoms with Gasteiger partial charge in [0.05, 0.1) is 27.4 Å². The molecule has 0 bridgehead atoms. The molecule has 0 aliphatic heterocycles. The fourth-order valence-electron chi connectivity index (χ4n) is 2.54. The number of hydrogen-bond donors (Lipinski definition) is 2. The number of halogens is 2. The van der Waals surface area contributed by atoms with Crippen molar-refractivity contribution < 1.29 is 24.0 Å². The minimum absolute atomic E-state index is 0.0991. The van der Waals surface area contributed by atoms with Crippen molar-refractivity contribution in [3.63, 3.8) is 0 Å². The second-order valence-corrected chi connectivity index (χ2v) is 7.35. The van der Waals surface area contributed by atoms with Gasteiger partial charge in [0, 0.05) is 22.7 Å². The molecular weight excluding hydrogens is 487 g/mol. The summed E-state index contributed by atoms with van der Waals surface area (Å²) in [5, 5.41) is 17.3. The summed E-state index contributed by atoms with van der Waals surface area (Å²) in [5.41, 5.74) is 2.46. The summed E-state index contributed by atoms with van der Waals surface area (Å²) in [6, 6.07) is 15.6. The Balaban J connectivity index is 1.63. The highest BCUT2D eigenvalue weighted by molar-refractivity contribution is 6.42. The van der Waals surface area contributed by atoms with E-state index in [1.54, 1.807) is 18.2 Å². The molecule has 0 spiro atoms. The van der Waals surface area contributed by atoms with E-state index in [-0.39, 0.29) is 27.7 Å². The van der Waals surface area contributed by atoms with Crippen LogP contribution in [-0.4, -0.2) is 28.9 Å². The predicted molar refractivity (Wildman–Crippen MR) is 125 cm³/mol. The number of non-ortho nitro benzene ring substituents is 1. The molecule has 34 heavy (non-hydrogen) atoms. The molecule has 0 fully saturated rings. The highest BCUT2D eigenvalue weighted by atomic mass is 35.5. The zero-order valence-corrected chi connectivity index (χ0v) is 18.5. The lowest BCUT2D eigenvalue weighted by molar-refractivity contribution is -0.384. The second kappa shape index (κ2) is 11.0. The number of carbonyl (C=O) groups is 3. The van der Waals surface area contributed by atoms with Gasteiger partial charge in [-0.3, -0.25) is 19.7 Å². The van der Waals surface area contributed by atoms with Crippen LogP contribution in [0, 0.1) is 10.1 Å². The van der Waals surface area contributed by atoms with Crippen molar-refractivity contribution in [2.45, 2.75) is 0 Å². The number of nitro benzene ring substituents is 1. The number of hydrogen-bond acceptors (Lipinski definition) is 7. The molecule has 10 nitrogen and oxygen atoms in total. The number of anilines is 1. The maximum atomic E-state index is 12.4. The molecular formula is C22H14Cl2N4O6. The highest BCUT2D eigenvalue weighted by Crippen LogP contribution is 2.25. The summed E-state index contributed by atoms with van der Waals surface area (Å²) in [7, 11) is 0. The molecule has 12 heteroatoms. The Labute approximate surface area is 202 Å². The van der Waals surface area contributed by atoms with Crippen molar-refractivity contribution in [1.82, 2.24) is 5.43 Å². The van der Waals surface area contributed by atoms with Crippen LogP contribution < -0.4 is 15.5 Å². The van der Waals surface area contributed by atoms with E-state index < -0.39 is 22.7 Å². The van der Waals surface area contributed by atoms with Gasteiger partial charge in [-0.15, -0.1) is 0 Å². The quantitative estimate of drug-likeness (QED) is 0.130. The van der Waals surface area contributed by atoms with Crippen molar-refractivity contribution in [3.05, 3.63) is 98.0 Å². The lowest BCUT2D eigenvalue weighted by Gasteiger charge is -2.08. The van der Waals surface area contributed by atoms with E-state index >= 15 is 0 Å². The van der Waals surface area contributed by atoms with Gasteiger partial charge in [0.1, 0.15) is 5.75 Å². The van der Waals surface area contributed by atoms with Gasteiger partial charge in [0.25, 0.3) is 5.69 Å². The van der Waals surface area contributed by atoms with E-state index in [9.17, 15) is 24.5 Å². The van der Waals surface area contributed by atoms with E-state index in [0.29, 0.717) is 10.6 Å². The number of amides is 2. The Morgan fingerprint density at radius 3 is 2.38 bits per heavy atom. The minimum atomic E-state index is -1.08. The minimum Gasteiger partial charge on any atom is -0.422 e. The number of nitrogens with zero attached hydrogens (tertiary/aromatic N) is 2. The number of para-hydroxylation sites is 1. The summed E-state index contributed by atoms with van der Waals surface area (Å²) in [4.78, 5) is 46.6. The lowest BCUT2D eigenvalue weighted by atomic mass is 10.2. The van der Waals surface area contributed by atoms with Gasteiger partial charge in [0.2, 0.25) is 0 Å². The molecule has 0 radical (unpaired) electrons. The largest absolute Gasteiger partial charge is 0.422 e. The summed E-state index contributed by atoms with van der Waals surface area (Å²) in [5.74, 6) is -2.75. The Bertz CT molecular complexity index is 1290. The number of esters is 1. The van der Waals surface area contributed by atoms with Crippen LogP contribution in [0.5, 0.6) is 5.75 Å². The first-order chi connectivity index (χ1) is 16.2. The average molecular weight is 501 g/mol. The number of nitro groups is 1. The molecule has 0 aliphatic carbocycles. The van der Waals surface area contributed by atoms with Gasteiger partial charge in [0.15, 0.2) is 0 Å². The van der Waals surface area contributed by atoms with E-state index in [1.807, 2.05) is 0 Å². The zero-order valence-electron chi connectivity index (χ0n) is 17.0. The topological polar surface area (TPSA) is 140 Å². The monoisotopic (exact) mass is 500 g/mol. The molecule has 2 N–H and O–H groups in total. The van der Waals surface area contributed by atoms with Crippen LogP contribution in [0.15, 0.2) is 71.8 Å². The van der Waals surface area contributed by atoms with Crippen LogP contribution in [0.2, 0.25) is 10.0 Å². The van der Waals surface area contributed by atoms with E-state index in [2.05, 4.69) is 15.8 Å². The smallest absolute Gasteiger partial charge is 0.343 e. The van der Waals surface area contributed by atoms with Crippen LogP contribution in [0.25, 0.3) is 0 Å². The standard InChI is InChI=1S/C22H14Cl2N4O6/c23-15-7-10-17(24)18(11-15)26-20(29)21(30)27-25-12-14-3-1-2-4-19(14)34-22(31)13-5-8-16(9-6-13)28(32)33/h1-12H,(H,26,29)(H,27,30). The molecule has 172 valence electrons. The molecule has 0 heterocycles. The third kappa shape index (κ3) is 6.37. The molecule has 0 saturated heterocycles. The van der Waals surface area contributed by atoms with Crippen molar-refractivity contribution in [2.75, 3.05) is 5.32 Å². The molecule has 0 saturated carbocycles. The first-order valence-corrected chi connectivity index (χ1v) is 10.2. The van der Waals surface area contributed by atoms with Crippen molar-refractivity contribution in [1.29, 1.82) is 0 Å². The molecule has 0 unspecified atom stereocenters. The van der Waals surface area contributed by atoms with E-state index in [0.717, 1.165) is 0 Å².